The summed E-state index contributed by atoms with van der Waals surface area (Å²) in [5.74, 6) is 0.417. The van der Waals surface area contributed by atoms with E-state index in [2.05, 4.69) is 24.3 Å². The number of carbonyl (C=O) groups is 1. The van der Waals surface area contributed by atoms with Gasteiger partial charge in [0.05, 0.1) is 0 Å². The van der Waals surface area contributed by atoms with Gasteiger partial charge in [0, 0.05) is 11.3 Å². The van der Waals surface area contributed by atoms with Crippen LogP contribution >= 0.6 is 11.8 Å². The van der Waals surface area contributed by atoms with Crippen molar-refractivity contribution in [3.05, 3.63) is 65.7 Å². The number of fused-ring (bicyclic) bond motifs is 1. The van der Waals surface area contributed by atoms with E-state index in [9.17, 15) is 4.79 Å². The van der Waals surface area contributed by atoms with Crippen LogP contribution in [0.5, 0.6) is 0 Å². The van der Waals surface area contributed by atoms with Crippen molar-refractivity contribution in [3.8, 4) is 0 Å². The van der Waals surface area contributed by atoms with Gasteiger partial charge in [-0.15, -0.1) is 0 Å². The maximum absolute atomic E-state index is 12.1. The van der Waals surface area contributed by atoms with Gasteiger partial charge in [0.2, 0.25) is 0 Å². The summed E-state index contributed by atoms with van der Waals surface area (Å²) in [7, 11) is 0. The summed E-state index contributed by atoms with van der Waals surface area (Å²) in [5.41, 5.74) is 2.80. The topological polar surface area (TPSA) is 17.1 Å². The molecule has 19 heavy (non-hydrogen) atoms. The molecule has 96 valence electrons. The van der Waals surface area contributed by atoms with Crippen LogP contribution < -0.4 is 0 Å². The lowest BCUT2D eigenvalue weighted by Gasteiger charge is -2.10. The molecule has 1 nitrogen and oxygen atoms in total. The average molecular weight is 268 g/mol. The molecule has 2 aromatic rings. The SMILES string of the molecule is O=C(CC1CCc2ccccc21)Sc1ccccc1. The van der Waals surface area contributed by atoms with Crippen molar-refractivity contribution in [2.75, 3.05) is 0 Å². The Hall–Kier alpha value is -1.54. The molecule has 0 saturated carbocycles. The van der Waals surface area contributed by atoms with Gasteiger partial charge in [0.25, 0.3) is 0 Å². The van der Waals surface area contributed by atoms with Gasteiger partial charge in [-0.3, -0.25) is 4.79 Å². The Morgan fingerprint density at radius 1 is 1.05 bits per heavy atom. The number of hydrogen-bond acceptors (Lipinski definition) is 2. The number of hydrogen-bond donors (Lipinski definition) is 0. The van der Waals surface area contributed by atoms with E-state index in [0.29, 0.717) is 12.3 Å². The summed E-state index contributed by atoms with van der Waals surface area (Å²) in [6.07, 6.45) is 2.88. The highest BCUT2D eigenvalue weighted by Gasteiger charge is 2.24. The zero-order chi connectivity index (χ0) is 13.1. The summed E-state index contributed by atoms with van der Waals surface area (Å²) in [4.78, 5) is 13.2. The minimum Gasteiger partial charge on any atom is -0.287 e. The lowest BCUT2D eigenvalue weighted by atomic mass is 9.99. The Morgan fingerprint density at radius 3 is 2.63 bits per heavy atom. The lowest BCUT2D eigenvalue weighted by Crippen LogP contribution is -2.01. The van der Waals surface area contributed by atoms with Gasteiger partial charge < -0.3 is 0 Å². The third-order valence-corrected chi connectivity index (χ3v) is 4.55. The van der Waals surface area contributed by atoms with Crippen LogP contribution in [0.25, 0.3) is 0 Å². The molecule has 3 rings (SSSR count). The fourth-order valence-corrected chi connectivity index (χ4v) is 3.56. The zero-order valence-electron chi connectivity index (χ0n) is 10.7. The molecular weight excluding hydrogens is 252 g/mol. The summed E-state index contributed by atoms with van der Waals surface area (Å²) >= 11 is 1.37. The van der Waals surface area contributed by atoms with Crippen molar-refractivity contribution in [2.45, 2.75) is 30.1 Å². The molecule has 2 aromatic carbocycles. The van der Waals surface area contributed by atoms with E-state index >= 15 is 0 Å². The van der Waals surface area contributed by atoms with Crippen LogP contribution in [0, 0.1) is 0 Å². The lowest BCUT2D eigenvalue weighted by molar-refractivity contribution is -0.111. The van der Waals surface area contributed by atoms with E-state index in [0.717, 1.165) is 17.7 Å². The molecular formula is C17H16OS. The number of carbonyl (C=O) groups excluding carboxylic acids is 1. The van der Waals surface area contributed by atoms with Crippen LogP contribution in [0.2, 0.25) is 0 Å². The van der Waals surface area contributed by atoms with Crippen molar-refractivity contribution in [1.82, 2.24) is 0 Å². The van der Waals surface area contributed by atoms with Crippen molar-refractivity contribution in [3.63, 3.8) is 0 Å². The first-order chi connectivity index (χ1) is 9.33. The van der Waals surface area contributed by atoms with Crippen LogP contribution in [0.3, 0.4) is 0 Å². The third-order valence-electron chi connectivity index (χ3n) is 3.65. The predicted octanol–water partition coefficient (Wildman–Crippen LogP) is 4.43. The van der Waals surface area contributed by atoms with E-state index in [1.165, 1.54) is 22.9 Å². The quantitative estimate of drug-likeness (QED) is 0.766. The molecule has 0 amide bonds. The van der Waals surface area contributed by atoms with Crippen molar-refractivity contribution in [2.24, 2.45) is 0 Å². The van der Waals surface area contributed by atoms with E-state index in [1.54, 1.807) is 0 Å². The second-order valence-electron chi connectivity index (χ2n) is 4.93. The van der Waals surface area contributed by atoms with Crippen LogP contribution in [-0.2, 0) is 11.2 Å². The molecule has 0 spiro atoms. The summed E-state index contributed by atoms with van der Waals surface area (Å²) < 4.78 is 0. The summed E-state index contributed by atoms with van der Waals surface area (Å²) in [5, 5.41) is 0.271. The fourth-order valence-electron chi connectivity index (χ4n) is 2.72. The summed E-state index contributed by atoms with van der Waals surface area (Å²) in [6.45, 7) is 0. The molecule has 0 N–H and O–H groups in total. The molecule has 0 bridgehead atoms. The van der Waals surface area contributed by atoms with Crippen LogP contribution in [0.15, 0.2) is 59.5 Å². The minimum atomic E-state index is 0.271. The molecule has 0 radical (unpaired) electrons. The highest BCUT2D eigenvalue weighted by Crippen LogP contribution is 2.37. The maximum Gasteiger partial charge on any atom is 0.194 e. The van der Waals surface area contributed by atoms with Gasteiger partial charge in [-0.25, -0.2) is 0 Å². The fraction of sp³-hybridized carbons (Fsp3) is 0.235. The highest BCUT2D eigenvalue weighted by molar-refractivity contribution is 8.13. The highest BCUT2D eigenvalue weighted by atomic mass is 32.2. The molecule has 1 aliphatic rings. The number of thioether (sulfide) groups is 1. The Labute approximate surface area is 118 Å². The summed E-state index contributed by atoms with van der Waals surface area (Å²) in [6, 6.07) is 18.4. The van der Waals surface area contributed by atoms with E-state index < -0.39 is 0 Å². The molecule has 0 heterocycles. The number of benzene rings is 2. The van der Waals surface area contributed by atoms with E-state index in [1.807, 2.05) is 30.3 Å². The molecule has 1 aliphatic carbocycles. The van der Waals surface area contributed by atoms with Crippen molar-refractivity contribution < 1.29 is 4.79 Å². The first-order valence-corrected chi connectivity index (χ1v) is 7.48. The van der Waals surface area contributed by atoms with Crippen molar-refractivity contribution >= 4 is 16.9 Å². The molecule has 0 fully saturated rings. The van der Waals surface area contributed by atoms with Gasteiger partial charge in [0.1, 0.15) is 0 Å². The van der Waals surface area contributed by atoms with E-state index in [-0.39, 0.29) is 5.12 Å². The second kappa shape index (κ2) is 5.62. The molecule has 0 aliphatic heterocycles. The third kappa shape index (κ3) is 2.90. The standard InChI is InChI=1S/C17H16OS/c18-17(19-15-7-2-1-3-8-15)12-14-11-10-13-6-4-5-9-16(13)14/h1-9,14H,10-12H2. The Kier molecular flexibility index (Phi) is 3.69. The first-order valence-electron chi connectivity index (χ1n) is 6.66. The maximum atomic E-state index is 12.1. The molecule has 1 atom stereocenters. The largest absolute Gasteiger partial charge is 0.287 e. The molecule has 0 aromatic heterocycles. The van der Waals surface area contributed by atoms with Crippen molar-refractivity contribution in [1.29, 1.82) is 0 Å². The normalized spacial score (nSPS) is 17.2. The smallest absolute Gasteiger partial charge is 0.194 e. The van der Waals surface area contributed by atoms with Gasteiger partial charge in [-0.1, -0.05) is 54.2 Å². The van der Waals surface area contributed by atoms with Crippen LogP contribution in [-0.4, -0.2) is 5.12 Å². The average Bonchev–Trinajstić information content (AvgIpc) is 2.83. The molecule has 1 unspecified atom stereocenters. The van der Waals surface area contributed by atoms with Gasteiger partial charge in [-0.2, -0.15) is 0 Å². The number of rotatable bonds is 3. The molecule has 2 heteroatoms. The van der Waals surface area contributed by atoms with Gasteiger partial charge in [0.15, 0.2) is 5.12 Å². The van der Waals surface area contributed by atoms with Crippen LogP contribution in [0.1, 0.15) is 29.9 Å². The Bertz CT molecular complexity index is 577. The zero-order valence-corrected chi connectivity index (χ0v) is 11.5. The Balaban J connectivity index is 1.65. The monoisotopic (exact) mass is 268 g/mol. The number of aryl methyl sites for hydroxylation is 1. The van der Waals surface area contributed by atoms with Gasteiger partial charge >= 0.3 is 0 Å². The van der Waals surface area contributed by atoms with Gasteiger partial charge in [-0.05, 0) is 42.0 Å². The molecule has 0 saturated heterocycles. The second-order valence-corrected chi connectivity index (χ2v) is 6.06. The first kappa shape index (κ1) is 12.5. The van der Waals surface area contributed by atoms with E-state index in [4.69, 9.17) is 0 Å². The minimum absolute atomic E-state index is 0.271. The van der Waals surface area contributed by atoms with Crippen LogP contribution in [0.4, 0.5) is 0 Å². The predicted molar refractivity (Wildman–Crippen MR) is 79.4 cm³/mol. The Morgan fingerprint density at radius 2 is 1.79 bits per heavy atom.